The lowest BCUT2D eigenvalue weighted by atomic mass is 9.85. The molecule has 3 rings (SSSR count). The number of amides is 1. The van der Waals surface area contributed by atoms with Gasteiger partial charge >= 0.3 is 0 Å². The van der Waals surface area contributed by atoms with E-state index in [0.717, 1.165) is 10.0 Å². The third-order valence-electron chi connectivity index (χ3n) is 4.10. The largest absolute Gasteiger partial charge is 0.372 e. The number of carbonyl (C=O) groups excluding carboxylic acids is 1. The summed E-state index contributed by atoms with van der Waals surface area (Å²) in [6, 6.07) is 20.2. The molecular formula is C21H15BrCl2N2O2. The lowest BCUT2D eigenvalue weighted by Crippen LogP contribution is -2.43. The van der Waals surface area contributed by atoms with Crippen molar-refractivity contribution >= 4 is 51.3 Å². The molecule has 0 spiro atoms. The minimum Gasteiger partial charge on any atom is -0.372 e. The Labute approximate surface area is 180 Å². The normalized spacial score (nSPS) is 11.6. The summed E-state index contributed by atoms with van der Waals surface area (Å²) in [5.41, 5.74) is 1.96. The lowest BCUT2D eigenvalue weighted by molar-refractivity contribution is -0.136. The highest BCUT2D eigenvalue weighted by Crippen LogP contribution is 2.31. The second kappa shape index (κ2) is 8.88. The zero-order valence-corrected chi connectivity index (χ0v) is 17.5. The van der Waals surface area contributed by atoms with Gasteiger partial charge in [0.25, 0.3) is 5.91 Å². The number of halogens is 3. The smallest absolute Gasteiger partial charge is 0.281 e. The number of hydrazone groups is 1. The van der Waals surface area contributed by atoms with Crippen molar-refractivity contribution in [1.82, 2.24) is 5.43 Å². The van der Waals surface area contributed by atoms with Gasteiger partial charge in [-0.15, -0.1) is 0 Å². The summed E-state index contributed by atoms with van der Waals surface area (Å²) in [5.74, 6) is -0.703. The molecule has 0 bridgehead atoms. The Morgan fingerprint density at radius 1 is 0.893 bits per heavy atom. The fourth-order valence-corrected chi connectivity index (χ4v) is 3.12. The monoisotopic (exact) mass is 476 g/mol. The Bertz CT molecular complexity index is 943. The van der Waals surface area contributed by atoms with E-state index in [1.54, 1.807) is 48.5 Å². The van der Waals surface area contributed by atoms with E-state index in [-0.39, 0.29) is 0 Å². The zero-order chi connectivity index (χ0) is 20.1. The van der Waals surface area contributed by atoms with Gasteiger partial charge in [0.2, 0.25) is 0 Å². The Morgan fingerprint density at radius 3 is 1.82 bits per heavy atom. The maximum Gasteiger partial charge on any atom is 0.281 e. The predicted octanol–water partition coefficient (Wildman–Crippen LogP) is 5.14. The molecule has 0 saturated carbocycles. The maximum atomic E-state index is 12.9. The van der Waals surface area contributed by atoms with Gasteiger partial charge in [-0.2, -0.15) is 5.10 Å². The standard InChI is InChI=1S/C21H15BrCl2N2O2/c22-17-7-1-14(2-8-17)13-25-26-20(27)21(28,15-3-9-18(23)10-4-15)16-5-11-19(24)12-6-16/h1-13,28H,(H,26,27). The van der Waals surface area contributed by atoms with Crippen molar-refractivity contribution in [2.24, 2.45) is 5.10 Å². The molecule has 7 heteroatoms. The molecule has 0 heterocycles. The number of nitrogens with one attached hydrogen (secondary N) is 1. The second-order valence-electron chi connectivity index (χ2n) is 5.97. The highest BCUT2D eigenvalue weighted by Gasteiger charge is 2.40. The van der Waals surface area contributed by atoms with Gasteiger partial charge in [0, 0.05) is 14.5 Å². The van der Waals surface area contributed by atoms with Gasteiger partial charge in [-0.1, -0.05) is 75.5 Å². The van der Waals surface area contributed by atoms with Crippen molar-refractivity contribution < 1.29 is 9.90 Å². The van der Waals surface area contributed by atoms with Crippen LogP contribution in [-0.4, -0.2) is 17.2 Å². The number of hydrogen-bond acceptors (Lipinski definition) is 3. The van der Waals surface area contributed by atoms with Crippen LogP contribution in [0.1, 0.15) is 16.7 Å². The first-order valence-corrected chi connectivity index (χ1v) is 9.78. The molecule has 28 heavy (non-hydrogen) atoms. The number of carbonyl (C=O) groups is 1. The van der Waals surface area contributed by atoms with Crippen molar-refractivity contribution in [3.63, 3.8) is 0 Å². The number of nitrogens with zero attached hydrogens (tertiary/aromatic N) is 1. The molecule has 0 unspecified atom stereocenters. The summed E-state index contributed by atoms with van der Waals surface area (Å²) < 4.78 is 0.938. The van der Waals surface area contributed by atoms with Crippen LogP contribution in [0, 0.1) is 0 Å². The summed E-state index contributed by atoms with van der Waals surface area (Å²) in [4.78, 5) is 12.9. The Kier molecular flexibility index (Phi) is 6.52. The predicted molar refractivity (Wildman–Crippen MR) is 116 cm³/mol. The van der Waals surface area contributed by atoms with E-state index in [9.17, 15) is 9.90 Å². The van der Waals surface area contributed by atoms with Crippen LogP contribution in [-0.2, 0) is 10.4 Å². The Balaban J connectivity index is 1.91. The van der Waals surface area contributed by atoms with Crippen LogP contribution in [0.3, 0.4) is 0 Å². The number of rotatable bonds is 5. The van der Waals surface area contributed by atoms with Gasteiger partial charge in [0.1, 0.15) is 0 Å². The molecule has 0 fully saturated rings. The maximum absolute atomic E-state index is 12.9. The zero-order valence-electron chi connectivity index (χ0n) is 14.4. The number of aliphatic hydroxyl groups is 1. The van der Waals surface area contributed by atoms with E-state index >= 15 is 0 Å². The van der Waals surface area contributed by atoms with E-state index in [1.165, 1.54) is 6.21 Å². The fraction of sp³-hybridized carbons (Fsp3) is 0.0476. The van der Waals surface area contributed by atoms with Gasteiger partial charge in [-0.05, 0) is 53.1 Å². The molecule has 0 atom stereocenters. The van der Waals surface area contributed by atoms with Crippen LogP contribution in [0.5, 0.6) is 0 Å². The number of benzene rings is 3. The first kappa shape index (κ1) is 20.6. The van der Waals surface area contributed by atoms with Crippen molar-refractivity contribution in [2.45, 2.75) is 5.60 Å². The van der Waals surface area contributed by atoms with Crippen molar-refractivity contribution in [3.8, 4) is 0 Å². The van der Waals surface area contributed by atoms with E-state index in [4.69, 9.17) is 23.2 Å². The topological polar surface area (TPSA) is 61.7 Å². The molecule has 1 amide bonds. The highest BCUT2D eigenvalue weighted by molar-refractivity contribution is 9.10. The average Bonchev–Trinajstić information content (AvgIpc) is 2.70. The van der Waals surface area contributed by atoms with E-state index < -0.39 is 11.5 Å². The minimum absolute atomic E-state index is 0.357. The minimum atomic E-state index is -1.97. The van der Waals surface area contributed by atoms with Gasteiger partial charge in [-0.25, -0.2) is 5.43 Å². The van der Waals surface area contributed by atoms with Crippen LogP contribution in [0.25, 0.3) is 0 Å². The molecule has 0 radical (unpaired) electrons. The van der Waals surface area contributed by atoms with Gasteiger partial charge in [0.15, 0.2) is 5.60 Å². The molecule has 0 aromatic heterocycles. The Hall–Kier alpha value is -2.18. The lowest BCUT2D eigenvalue weighted by Gasteiger charge is -2.27. The van der Waals surface area contributed by atoms with Crippen LogP contribution in [0.2, 0.25) is 10.0 Å². The van der Waals surface area contributed by atoms with Crippen LogP contribution < -0.4 is 5.43 Å². The fourth-order valence-electron chi connectivity index (χ4n) is 2.61. The van der Waals surface area contributed by atoms with Crippen LogP contribution >= 0.6 is 39.1 Å². The molecule has 4 nitrogen and oxygen atoms in total. The summed E-state index contributed by atoms with van der Waals surface area (Å²) in [6.45, 7) is 0. The second-order valence-corrected chi connectivity index (χ2v) is 7.76. The van der Waals surface area contributed by atoms with Crippen LogP contribution in [0.4, 0.5) is 0 Å². The van der Waals surface area contributed by atoms with E-state index in [0.29, 0.717) is 21.2 Å². The highest BCUT2D eigenvalue weighted by atomic mass is 79.9. The first-order chi connectivity index (χ1) is 13.4. The quantitative estimate of drug-likeness (QED) is 0.394. The van der Waals surface area contributed by atoms with Crippen LogP contribution in [0.15, 0.2) is 82.4 Å². The van der Waals surface area contributed by atoms with Gasteiger partial charge < -0.3 is 5.11 Å². The number of hydrogen-bond donors (Lipinski definition) is 2. The molecule has 0 saturated heterocycles. The first-order valence-electron chi connectivity index (χ1n) is 8.23. The third-order valence-corrected chi connectivity index (χ3v) is 5.13. The SMILES string of the molecule is O=C(NN=Cc1ccc(Br)cc1)C(O)(c1ccc(Cl)cc1)c1ccc(Cl)cc1. The van der Waals surface area contributed by atoms with Crippen molar-refractivity contribution in [1.29, 1.82) is 0 Å². The van der Waals surface area contributed by atoms with E-state index in [1.807, 2.05) is 24.3 Å². The van der Waals surface area contributed by atoms with Crippen molar-refractivity contribution in [2.75, 3.05) is 0 Å². The molecule has 0 aliphatic rings. The van der Waals surface area contributed by atoms with Crippen molar-refractivity contribution in [3.05, 3.63) is 104 Å². The summed E-state index contributed by atoms with van der Waals surface area (Å²) >= 11 is 15.2. The van der Waals surface area contributed by atoms with E-state index in [2.05, 4.69) is 26.5 Å². The molecule has 3 aromatic carbocycles. The molecular weight excluding hydrogens is 463 g/mol. The average molecular weight is 478 g/mol. The molecule has 0 aliphatic carbocycles. The Morgan fingerprint density at radius 2 is 1.36 bits per heavy atom. The summed E-state index contributed by atoms with van der Waals surface area (Å²) in [6.07, 6.45) is 1.49. The summed E-state index contributed by atoms with van der Waals surface area (Å²) in [5, 5.41) is 16.3. The van der Waals surface area contributed by atoms with Gasteiger partial charge in [0.05, 0.1) is 6.21 Å². The molecule has 142 valence electrons. The molecule has 2 N–H and O–H groups in total. The third kappa shape index (κ3) is 4.62. The molecule has 3 aromatic rings. The van der Waals surface area contributed by atoms with Gasteiger partial charge in [-0.3, -0.25) is 4.79 Å². The molecule has 0 aliphatic heterocycles. The summed E-state index contributed by atoms with van der Waals surface area (Å²) in [7, 11) is 0.